The van der Waals surface area contributed by atoms with Crippen molar-refractivity contribution in [3.05, 3.63) is 63.8 Å². The van der Waals surface area contributed by atoms with Crippen LogP contribution in [0.5, 0.6) is 0 Å². The molecule has 24 heavy (non-hydrogen) atoms. The maximum absolute atomic E-state index is 11.8. The van der Waals surface area contributed by atoms with Gasteiger partial charge in [-0.3, -0.25) is 9.59 Å². The first kappa shape index (κ1) is 16.4. The van der Waals surface area contributed by atoms with E-state index in [-0.39, 0.29) is 19.1 Å². The Bertz CT molecular complexity index is 814. The molecule has 1 aromatic carbocycles. The summed E-state index contributed by atoms with van der Waals surface area (Å²) in [6, 6.07) is 10.7. The van der Waals surface area contributed by atoms with Gasteiger partial charge in [0.05, 0.1) is 5.69 Å². The van der Waals surface area contributed by atoms with Crippen molar-refractivity contribution in [2.75, 3.05) is 6.54 Å². The standard InChI is InChI=1S/C17H14N2O3S2/c20-15(8-18-16(21)12-4-2-1-3-5-12)22-9-14-11-24-17(19-14)13-6-7-23-10-13/h1-7,10-11H,8-9H2,(H,18,21). The van der Waals surface area contributed by atoms with E-state index in [0.29, 0.717) is 11.3 Å². The Labute approximate surface area is 146 Å². The molecule has 0 bridgehead atoms. The zero-order valence-electron chi connectivity index (χ0n) is 12.6. The van der Waals surface area contributed by atoms with E-state index in [0.717, 1.165) is 10.6 Å². The van der Waals surface area contributed by atoms with Gasteiger partial charge in [0.1, 0.15) is 18.2 Å². The molecule has 2 aromatic heterocycles. The Morgan fingerprint density at radius 1 is 1.12 bits per heavy atom. The number of nitrogens with zero attached hydrogens (tertiary/aromatic N) is 1. The van der Waals surface area contributed by atoms with Gasteiger partial charge in [0.15, 0.2) is 0 Å². The van der Waals surface area contributed by atoms with Crippen LogP contribution in [0.15, 0.2) is 52.5 Å². The molecule has 0 aliphatic rings. The number of thiophene rings is 1. The van der Waals surface area contributed by atoms with E-state index in [1.165, 1.54) is 11.3 Å². The van der Waals surface area contributed by atoms with Crippen molar-refractivity contribution in [2.24, 2.45) is 0 Å². The minimum absolute atomic E-state index is 0.0979. The van der Waals surface area contributed by atoms with E-state index >= 15 is 0 Å². The van der Waals surface area contributed by atoms with Gasteiger partial charge in [-0.2, -0.15) is 11.3 Å². The molecule has 1 amide bonds. The second-order valence-electron chi connectivity index (χ2n) is 4.87. The van der Waals surface area contributed by atoms with Crippen LogP contribution < -0.4 is 5.32 Å². The molecule has 0 unspecified atom stereocenters. The molecule has 0 fully saturated rings. The maximum atomic E-state index is 11.8. The predicted octanol–water partition coefficient (Wildman–Crippen LogP) is 3.34. The molecule has 0 atom stereocenters. The highest BCUT2D eigenvalue weighted by Gasteiger charge is 2.10. The fourth-order valence-corrected chi connectivity index (χ4v) is 3.46. The molecule has 5 nitrogen and oxygen atoms in total. The lowest BCUT2D eigenvalue weighted by atomic mass is 10.2. The second-order valence-corrected chi connectivity index (χ2v) is 6.50. The number of amides is 1. The van der Waals surface area contributed by atoms with Crippen molar-refractivity contribution in [2.45, 2.75) is 6.61 Å². The molecular formula is C17H14N2O3S2. The first-order valence-electron chi connectivity index (χ1n) is 7.18. The van der Waals surface area contributed by atoms with Crippen LogP contribution >= 0.6 is 22.7 Å². The first-order valence-corrected chi connectivity index (χ1v) is 9.00. The number of hydrogen-bond acceptors (Lipinski definition) is 6. The second kappa shape index (κ2) is 7.85. The van der Waals surface area contributed by atoms with E-state index in [1.54, 1.807) is 35.6 Å². The summed E-state index contributed by atoms with van der Waals surface area (Å²) in [7, 11) is 0. The number of carbonyl (C=O) groups is 2. The molecule has 3 rings (SSSR count). The SMILES string of the molecule is O=C(CNC(=O)c1ccccc1)OCc1csc(-c2ccsc2)n1. The van der Waals surface area contributed by atoms with Crippen LogP contribution in [0.1, 0.15) is 16.1 Å². The van der Waals surface area contributed by atoms with E-state index in [4.69, 9.17) is 4.74 Å². The van der Waals surface area contributed by atoms with Crippen LogP contribution in [0.2, 0.25) is 0 Å². The molecule has 3 aromatic rings. The molecule has 122 valence electrons. The Morgan fingerprint density at radius 2 is 1.96 bits per heavy atom. The van der Waals surface area contributed by atoms with Crippen LogP contribution in [-0.4, -0.2) is 23.4 Å². The number of esters is 1. The van der Waals surface area contributed by atoms with Crippen molar-refractivity contribution in [1.82, 2.24) is 10.3 Å². The third-order valence-electron chi connectivity index (χ3n) is 3.13. The van der Waals surface area contributed by atoms with Crippen molar-refractivity contribution in [3.63, 3.8) is 0 Å². The first-order chi connectivity index (χ1) is 11.7. The summed E-state index contributed by atoms with van der Waals surface area (Å²) in [5, 5.41) is 9.31. The third kappa shape index (κ3) is 4.27. The van der Waals surface area contributed by atoms with Gasteiger partial charge in [0.2, 0.25) is 0 Å². The quantitative estimate of drug-likeness (QED) is 0.686. The molecule has 0 saturated carbocycles. The molecule has 0 saturated heterocycles. The average Bonchev–Trinajstić information content (AvgIpc) is 3.29. The molecular weight excluding hydrogens is 344 g/mol. The highest BCUT2D eigenvalue weighted by molar-refractivity contribution is 7.14. The molecule has 0 aliphatic heterocycles. The molecule has 2 heterocycles. The van der Waals surface area contributed by atoms with Crippen LogP contribution in [0.3, 0.4) is 0 Å². The van der Waals surface area contributed by atoms with Gasteiger partial charge >= 0.3 is 5.97 Å². The van der Waals surface area contributed by atoms with Gasteiger partial charge in [0.25, 0.3) is 5.91 Å². The Kier molecular flexibility index (Phi) is 5.35. The largest absolute Gasteiger partial charge is 0.458 e. The summed E-state index contributed by atoms with van der Waals surface area (Å²) >= 11 is 3.12. The van der Waals surface area contributed by atoms with Crippen molar-refractivity contribution in [3.8, 4) is 10.6 Å². The zero-order valence-corrected chi connectivity index (χ0v) is 14.2. The van der Waals surface area contributed by atoms with Crippen LogP contribution in [0.4, 0.5) is 0 Å². The normalized spacial score (nSPS) is 10.3. The Hall–Kier alpha value is -2.51. The summed E-state index contributed by atoms with van der Waals surface area (Å²) in [5.74, 6) is -0.801. The fraction of sp³-hybridized carbons (Fsp3) is 0.118. The van der Waals surface area contributed by atoms with Crippen molar-refractivity contribution < 1.29 is 14.3 Å². The van der Waals surface area contributed by atoms with Gasteiger partial charge in [0, 0.05) is 21.9 Å². The molecule has 0 aliphatic carbocycles. The summed E-state index contributed by atoms with van der Waals surface area (Å²) in [6.45, 7) is -0.0735. The summed E-state index contributed by atoms with van der Waals surface area (Å²) in [6.07, 6.45) is 0. The number of rotatable bonds is 6. The maximum Gasteiger partial charge on any atom is 0.325 e. The van der Waals surface area contributed by atoms with Crippen LogP contribution in [0, 0.1) is 0 Å². The summed E-state index contributed by atoms with van der Waals surface area (Å²) in [5.41, 5.74) is 2.27. The lowest BCUT2D eigenvalue weighted by molar-refractivity contribution is -0.143. The van der Waals surface area contributed by atoms with E-state index < -0.39 is 5.97 Å². The molecule has 0 radical (unpaired) electrons. The fourth-order valence-electron chi connectivity index (χ4n) is 1.94. The number of thiazole rings is 1. The lowest BCUT2D eigenvalue weighted by Gasteiger charge is -2.05. The third-order valence-corrected chi connectivity index (χ3v) is 4.75. The van der Waals surface area contributed by atoms with Gasteiger partial charge in [-0.25, -0.2) is 4.98 Å². The Morgan fingerprint density at radius 3 is 2.71 bits per heavy atom. The van der Waals surface area contributed by atoms with Crippen molar-refractivity contribution in [1.29, 1.82) is 0 Å². The van der Waals surface area contributed by atoms with Gasteiger partial charge in [-0.05, 0) is 23.6 Å². The van der Waals surface area contributed by atoms with Crippen molar-refractivity contribution >= 4 is 34.6 Å². The topological polar surface area (TPSA) is 68.3 Å². The number of nitrogens with one attached hydrogen (secondary N) is 1. The number of ether oxygens (including phenoxy) is 1. The highest BCUT2D eigenvalue weighted by atomic mass is 32.1. The van der Waals surface area contributed by atoms with Gasteiger partial charge in [-0.1, -0.05) is 18.2 Å². The van der Waals surface area contributed by atoms with E-state index in [9.17, 15) is 9.59 Å². The lowest BCUT2D eigenvalue weighted by Crippen LogP contribution is -2.30. The van der Waals surface area contributed by atoms with E-state index in [1.807, 2.05) is 28.3 Å². The molecule has 7 heteroatoms. The number of hydrogen-bond donors (Lipinski definition) is 1. The molecule has 0 spiro atoms. The summed E-state index contributed by atoms with van der Waals surface area (Å²) < 4.78 is 5.14. The molecule has 1 N–H and O–H groups in total. The smallest absolute Gasteiger partial charge is 0.325 e. The minimum Gasteiger partial charge on any atom is -0.458 e. The number of aromatic nitrogens is 1. The summed E-state index contributed by atoms with van der Waals surface area (Å²) in [4.78, 5) is 28.0. The number of benzene rings is 1. The zero-order chi connectivity index (χ0) is 16.8. The Balaban J connectivity index is 1.45. The van der Waals surface area contributed by atoms with E-state index in [2.05, 4.69) is 10.3 Å². The minimum atomic E-state index is -0.496. The monoisotopic (exact) mass is 358 g/mol. The average molecular weight is 358 g/mol. The highest BCUT2D eigenvalue weighted by Crippen LogP contribution is 2.25. The van der Waals surface area contributed by atoms with Gasteiger partial charge in [-0.15, -0.1) is 11.3 Å². The number of carbonyl (C=O) groups excluding carboxylic acids is 2. The van der Waals surface area contributed by atoms with Crippen LogP contribution in [-0.2, 0) is 16.1 Å². The predicted molar refractivity (Wildman–Crippen MR) is 94.0 cm³/mol. The van der Waals surface area contributed by atoms with Crippen LogP contribution in [0.25, 0.3) is 10.6 Å². The van der Waals surface area contributed by atoms with Gasteiger partial charge < -0.3 is 10.1 Å².